The number of hydrogen-bond acceptors (Lipinski definition) is 5. The normalized spacial score (nSPS) is 26.0. The van der Waals surface area contributed by atoms with Gasteiger partial charge >= 0.3 is 12.1 Å². The summed E-state index contributed by atoms with van der Waals surface area (Å²) in [5.74, 6) is -1.59. The number of hydrogen-bond donors (Lipinski definition) is 2. The van der Waals surface area contributed by atoms with Gasteiger partial charge in [-0.05, 0) is 26.3 Å². The molecular weight excluding hydrogens is 338 g/mol. The molecule has 0 unspecified atom stereocenters. The van der Waals surface area contributed by atoms with Crippen LogP contribution in [0.25, 0.3) is 0 Å². The van der Waals surface area contributed by atoms with Crippen LogP contribution < -0.4 is 0 Å². The quantitative estimate of drug-likeness (QED) is 0.831. The molecule has 7 heteroatoms. The molecule has 1 heterocycles. The van der Waals surface area contributed by atoms with E-state index in [0.717, 1.165) is 10.5 Å². The van der Waals surface area contributed by atoms with Crippen LogP contribution in [0.5, 0.6) is 0 Å². The zero-order valence-corrected chi connectivity index (χ0v) is 15.6. The van der Waals surface area contributed by atoms with Crippen molar-refractivity contribution in [1.82, 2.24) is 4.90 Å². The molecular formula is C19H27NO6. The van der Waals surface area contributed by atoms with Gasteiger partial charge in [0.15, 0.2) is 5.54 Å². The fourth-order valence-corrected chi connectivity index (χ4v) is 3.27. The first-order chi connectivity index (χ1) is 12.1. The highest BCUT2D eigenvalue weighted by molar-refractivity contribution is 5.86. The summed E-state index contributed by atoms with van der Waals surface area (Å²) in [4.78, 5) is 25.8. The van der Waals surface area contributed by atoms with Gasteiger partial charge in [0.25, 0.3) is 0 Å². The average Bonchev–Trinajstić information content (AvgIpc) is 2.85. The maximum absolute atomic E-state index is 12.6. The molecule has 1 aromatic carbocycles. The molecule has 0 spiro atoms. The van der Waals surface area contributed by atoms with Crippen molar-refractivity contribution in [3.05, 3.63) is 35.9 Å². The summed E-state index contributed by atoms with van der Waals surface area (Å²) in [5, 5.41) is 19.9. The minimum atomic E-state index is -1.88. The molecule has 0 saturated carbocycles. The summed E-state index contributed by atoms with van der Waals surface area (Å²) < 4.78 is 11.2. The van der Waals surface area contributed by atoms with Gasteiger partial charge < -0.3 is 19.7 Å². The van der Waals surface area contributed by atoms with Gasteiger partial charge in [-0.15, -0.1) is 0 Å². The number of amides is 1. The van der Waals surface area contributed by atoms with Crippen LogP contribution in [0.3, 0.4) is 0 Å². The second kappa shape index (κ2) is 7.63. The Morgan fingerprint density at radius 1 is 1.27 bits per heavy atom. The Hall–Kier alpha value is -2.12. The van der Waals surface area contributed by atoms with Crippen LogP contribution in [0, 0.1) is 5.92 Å². The van der Waals surface area contributed by atoms with Crippen molar-refractivity contribution < 1.29 is 29.3 Å². The second-order valence-corrected chi connectivity index (χ2v) is 7.67. The third-order valence-electron chi connectivity index (χ3n) is 4.44. The maximum Gasteiger partial charge on any atom is 0.411 e. The van der Waals surface area contributed by atoms with Crippen molar-refractivity contribution in [1.29, 1.82) is 0 Å². The van der Waals surface area contributed by atoms with Crippen LogP contribution in [0.1, 0.15) is 33.3 Å². The van der Waals surface area contributed by atoms with E-state index in [2.05, 4.69) is 0 Å². The molecule has 1 aromatic rings. The molecule has 144 valence electrons. The molecule has 0 bridgehead atoms. The number of likely N-dealkylation sites (tertiary alicyclic amines) is 1. The van der Waals surface area contributed by atoms with E-state index in [1.807, 2.05) is 30.3 Å². The van der Waals surface area contributed by atoms with Crippen LogP contribution in [0.2, 0.25) is 0 Å². The number of carboxylic acids is 1. The average molecular weight is 365 g/mol. The Kier molecular flexibility index (Phi) is 5.93. The first kappa shape index (κ1) is 20.2. The van der Waals surface area contributed by atoms with Crippen molar-refractivity contribution in [2.24, 2.45) is 5.92 Å². The summed E-state index contributed by atoms with van der Waals surface area (Å²) in [6.07, 6.45) is -1.63. The van der Waals surface area contributed by atoms with E-state index in [1.165, 1.54) is 0 Å². The smallest absolute Gasteiger partial charge is 0.411 e. The lowest BCUT2D eigenvalue weighted by molar-refractivity contribution is -0.163. The Morgan fingerprint density at radius 2 is 1.88 bits per heavy atom. The third kappa shape index (κ3) is 3.99. The summed E-state index contributed by atoms with van der Waals surface area (Å²) in [5.41, 5.74) is -1.77. The predicted octanol–water partition coefficient (Wildman–Crippen LogP) is 2.27. The summed E-state index contributed by atoms with van der Waals surface area (Å²) in [6, 6.07) is 9.33. The van der Waals surface area contributed by atoms with Gasteiger partial charge in [0.2, 0.25) is 0 Å². The number of nitrogens with zero attached hydrogens (tertiary/aromatic N) is 1. The molecule has 1 aliphatic heterocycles. The number of aliphatic hydroxyl groups is 1. The van der Waals surface area contributed by atoms with Crippen LogP contribution in [-0.2, 0) is 20.9 Å². The highest BCUT2D eigenvalue weighted by Gasteiger charge is 2.61. The van der Waals surface area contributed by atoms with E-state index in [4.69, 9.17) is 9.47 Å². The van der Waals surface area contributed by atoms with Gasteiger partial charge in [-0.25, -0.2) is 9.59 Å². The molecule has 1 saturated heterocycles. The lowest BCUT2D eigenvalue weighted by atomic mass is 9.90. The minimum Gasteiger partial charge on any atom is -0.479 e. The van der Waals surface area contributed by atoms with Gasteiger partial charge in [-0.1, -0.05) is 37.3 Å². The lowest BCUT2D eigenvalue weighted by Gasteiger charge is -2.37. The van der Waals surface area contributed by atoms with Crippen molar-refractivity contribution in [2.45, 2.75) is 51.5 Å². The van der Waals surface area contributed by atoms with E-state index in [1.54, 1.807) is 27.7 Å². The molecule has 3 atom stereocenters. The zero-order chi connectivity index (χ0) is 19.5. The summed E-state index contributed by atoms with van der Waals surface area (Å²) in [6.45, 7) is 6.46. The Labute approximate surface area is 153 Å². The molecule has 7 nitrogen and oxygen atoms in total. The SMILES string of the molecule is C[C@@H]1CN(C(=O)OC(C)(C)C)[C@@](CO)(C(=O)O)[C@@H]1OCc1ccccc1. The molecule has 1 fully saturated rings. The van der Waals surface area contributed by atoms with Crippen molar-refractivity contribution >= 4 is 12.1 Å². The van der Waals surface area contributed by atoms with Crippen LogP contribution in [-0.4, -0.2) is 57.6 Å². The van der Waals surface area contributed by atoms with E-state index < -0.39 is 35.9 Å². The first-order valence-corrected chi connectivity index (χ1v) is 8.62. The number of carbonyl (C=O) groups is 2. The predicted molar refractivity (Wildman–Crippen MR) is 94.6 cm³/mol. The second-order valence-electron chi connectivity index (χ2n) is 7.67. The Morgan fingerprint density at radius 3 is 2.38 bits per heavy atom. The summed E-state index contributed by atoms with van der Waals surface area (Å²) >= 11 is 0. The fraction of sp³-hybridized carbons (Fsp3) is 0.579. The number of aliphatic hydroxyl groups excluding tert-OH is 1. The van der Waals surface area contributed by atoms with Crippen LogP contribution in [0.4, 0.5) is 4.79 Å². The molecule has 2 rings (SSSR count). The van der Waals surface area contributed by atoms with Crippen molar-refractivity contribution in [3.8, 4) is 0 Å². The van der Waals surface area contributed by atoms with E-state index >= 15 is 0 Å². The largest absolute Gasteiger partial charge is 0.479 e. The third-order valence-corrected chi connectivity index (χ3v) is 4.44. The fourth-order valence-electron chi connectivity index (χ4n) is 3.27. The van der Waals surface area contributed by atoms with Gasteiger partial charge in [0.1, 0.15) is 5.60 Å². The van der Waals surface area contributed by atoms with Gasteiger partial charge in [-0.2, -0.15) is 0 Å². The van der Waals surface area contributed by atoms with Gasteiger partial charge in [-0.3, -0.25) is 4.90 Å². The molecule has 26 heavy (non-hydrogen) atoms. The molecule has 1 amide bonds. The number of ether oxygens (including phenoxy) is 2. The highest BCUT2D eigenvalue weighted by Crippen LogP contribution is 2.37. The van der Waals surface area contributed by atoms with Crippen LogP contribution in [0.15, 0.2) is 30.3 Å². The number of rotatable bonds is 5. The van der Waals surface area contributed by atoms with E-state index in [0.29, 0.717) is 0 Å². The summed E-state index contributed by atoms with van der Waals surface area (Å²) in [7, 11) is 0. The topological polar surface area (TPSA) is 96.3 Å². The molecule has 0 aromatic heterocycles. The Balaban J connectivity index is 2.28. The molecule has 0 radical (unpaired) electrons. The van der Waals surface area contributed by atoms with E-state index in [9.17, 15) is 19.8 Å². The molecule has 2 N–H and O–H groups in total. The number of benzene rings is 1. The zero-order valence-electron chi connectivity index (χ0n) is 15.6. The monoisotopic (exact) mass is 365 g/mol. The lowest BCUT2D eigenvalue weighted by Crippen LogP contribution is -2.62. The van der Waals surface area contributed by atoms with Crippen LogP contribution >= 0.6 is 0 Å². The van der Waals surface area contributed by atoms with Gasteiger partial charge in [0.05, 0.1) is 19.3 Å². The first-order valence-electron chi connectivity index (χ1n) is 8.62. The molecule has 0 aliphatic carbocycles. The maximum atomic E-state index is 12.6. The number of carbonyl (C=O) groups excluding carboxylic acids is 1. The minimum absolute atomic E-state index is 0.126. The molecule has 1 aliphatic rings. The van der Waals surface area contributed by atoms with Crippen molar-refractivity contribution in [2.75, 3.05) is 13.2 Å². The number of aliphatic carboxylic acids is 1. The van der Waals surface area contributed by atoms with Crippen molar-refractivity contribution in [3.63, 3.8) is 0 Å². The highest BCUT2D eigenvalue weighted by atomic mass is 16.6. The number of carboxylic acid groups (broad SMARTS) is 1. The van der Waals surface area contributed by atoms with E-state index in [-0.39, 0.29) is 19.1 Å². The Bertz CT molecular complexity index is 641. The van der Waals surface area contributed by atoms with Gasteiger partial charge in [0, 0.05) is 12.5 Å². The standard InChI is InChI=1S/C19H27NO6/c1-13-10-20(17(24)26-18(2,3)4)19(12-21,16(22)23)15(13)25-11-14-8-6-5-7-9-14/h5-9,13,15,21H,10-12H2,1-4H3,(H,22,23)/t13-,15-,19-/m1/s1.